The minimum atomic E-state index is -0.382. The SMILES string of the molecule is CCC(CCN)CCC(=O)Nc1ccc(Br)c(F)c1. The second kappa shape index (κ2) is 8.27. The number of hydrogen-bond acceptors (Lipinski definition) is 2. The van der Waals surface area contributed by atoms with Crippen LogP contribution in [0.1, 0.15) is 32.6 Å². The summed E-state index contributed by atoms with van der Waals surface area (Å²) < 4.78 is 13.7. The lowest BCUT2D eigenvalue weighted by atomic mass is 9.96. The number of hydrogen-bond donors (Lipinski definition) is 2. The second-order valence-corrected chi connectivity index (χ2v) is 5.42. The molecule has 0 saturated carbocycles. The molecule has 1 rings (SSSR count). The summed E-state index contributed by atoms with van der Waals surface area (Å²) in [6, 6.07) is 4.55. The lowest BCUT2D eigenvalue weighted by molar-refractivity contribution is -0.116. The third kappa shape index (κ3) is 5.70. The number of amides is 1. The smallest absolute Gasteiger partial charge is 0.224 e. The van der Waals surface area contributed by atoms with Gasteiger partial charge in [0.2, 0.25) is 5.91 Å². The van der Waals surface area contributed by atoms with Crippen LogP contribution in [0.2, 0.25) is 0 Å². The van der Waals surface area contributed by atoms with E-state index in [-0.39, 0.29) is 11.7 Å². The van der Waals surface area contributed by atoms with Crippen LogP contribution in [0.3, 0.4) is 0 Å². The quantitative estimate of drug-likeness (QED) is 0.801. The largest absolute Gasteiger partial charge is 0.330 e. The molecule has 0 radical (unpaired) electrons. The number of carbonyl (C=O) groups is 1. The van der Waals surface area contributed by atoms with E-state index in [1.807, 2.05) is 0 Å². The van der Waals surface area contributed by atoms with Gasteiger partial charge in [-0.05, 0) is 59.4 Å². The first kappa shape index (κ1) is 16.1. The van der Waals surface area contributed by atoms with E-state index >= 15 is 0 Å². The van der Waals surface area contributed by atoms with Crippen LogP contribution >= 0.6 is 15.9 Å². The Morgan fingerprint density at radius 2 is 2.21 bits per heavy atom. The summed E-state index contributed by atoms with van der Waals surface area (Å²) in [7, 11) is 0. The summed E-state index contributed by atoms with van der Waals surface area (Å²) in [5.74, 6) is 0.0157. The Hall–Kier alpha value is -0.940. The van der Waals surface area contributed by atoms with Crippen molar-refractivity contribution >= 4 is 27.5 Å². The first-order valence-electron chi connectivity index (χ1n) is 6.51. The fourth-order valence-electron chi connectivity index (χ4n) is 1.92. The van der Waals surface area contributed by atoms with Crippen LogP contribution in [-0.4, -0.2) is 12.5 Å². The zero-order valence-corrected chi connectivity index (χ0v) is 12.7. The van der Waals surface area contributed by atoms with Crippen molar-refractivity contribution in [2.24, 2.45) is 11.7 Å². The van der Waals surface area contributed by atoms with Crippen LogP contribution in [-0.2, 0) is 4.79 Å². The van der Waals surface area contributed by atoms with Gasteiger partial charge in [-0.3, -0.25) is 4.79 Å². The van der Waals surface area contributed by atoms with Crippen molar-refractivity contribution in [1.29, 1.82) is 0 Å². The molecule has 0 spiro atoms. The highest BCUT2D eigenvalue weighted by molar-refractivity contribution is 9.10. The van der Waals surface area contributed by atoms with Gasteiger partial charge < -0.3 is 11.1 Å². The van der Waals surface area contributed by atoms with E-state index in [0.29, 0.717) is 29.0 Å². The fourth-order valence-corrected chi connectivity index (χ4v) is 2.17. The molecule has 19 heavy (non-hydrogen) atoms. The van der Waals surface area contributed by atoms with Crippen molar-refractivity contribution in [3.8, 4) is 0 Å². The highest BCUT2D eigenvalue weighted by atomic mass is 79.9. The molecule has 0 heterocycles. The van der Waals surface area contributed by atoms with E-state index in [4.69, 9.17) is 5.73 Å². The molecule has 0 saturated heterocycles. The molecular weight excluding hydrogens is 311 g/mol. The highest BCUT2D eigenvalue weighted by Crippen LogP contribution is 2.20. The number of anilines is 1. The molecule has 0 bridgehead atoms. The Bertz CT molecular complexity index is 426. The number of benzene rings is 1. The van der Waals surface area contributed by atoms with Crippen LogP contribution in [0, 0.1) is 11.7 Å². The van der Waals surface area contributed by atoms with E-state index in [1.165, 1.54) is 6.07 Å². The first-order chi connectivity index (χ1) is 9.06. The number of halogens is 2. The van der Waals surface area contributed by atoms with Gasteiger partial charge in [0.25, 0.3) is 0 Å². The number of rotatable bonds is 7. The number of carbonyl (C=O) groups excluding carboxylic acids is 1. The topological polar surface area (TPSA) is 55.1 Å². The Kier molecular flexibility index (Phi) is 7.02. The molecule has 0 aliphatic carbocycles. The van der Waals surface area contributed by atoms with Gasteiger partial charge in [0.1, 0.15) is 5.82 Å². The third-order valence-electron chi connectivity index (χ3n) is 3.14. The molecular formula is C14H20BrFN2O. The van der Waals surface area contributed by atoms with Gasteiger partial charge in [0.05, 0.1) is 4.47 Å². The molecule has 5 heteroatoms. The Labute approximate surface area is 121 Å². The van der Waals surface area contributed by atoms with Crippen molar-refractivity contribution in [2.45, 2.75) is 32.6 Å². The van der Waals surface area contributed by atoms with Crippen LogP contribution in [0.5, 0.6) is 0 Å². The van der Waals surface area contributed by atoms with Gasteiger partial charge in [0, 0.05) is 12.1 Å². The summed E-state index contributed by atoms with van der Waals surface area (Å²) in [5, 5.41) is 2.70. The van der Waals surface area contributed by atoms with Crippen LogP contribution < -0.4 is 11.1 Å². The Morgan fingerprint density at radius 1 is 1.47 bits per heavy atom. The monoisotopic (exact) mass is 330 g/mol. The summed E-state index contributed by atoms with van der Waals surface area (Å²) >= 11 is 3.07. The maximum absolute atomic E-state index is 13.3. The lowest BCUT2D eigenvalue weighted by Gasteiger charge is -2.13. The second-order valence-electron chi connectivity index (χ2n) is 4.57. The van der Waals surface area contributed by atoms with Gasteiger partial charge in [-0.25, -0.2) is 4.39 Å². The maximum atomic E-state index is 13.3. The molecule has 3 nitrogen and oxygen atoms in total. The predicted molar refractivity (Wildman–Crippen MR) is 79.4 cm³/mol. The zero-order valence-electron chi connectivity index (χ0n) is 11.1. The minimum Gasteiger partial charge on any atom is -0.330 e. The van der Waals surface area contributed by atoms with Crippen LogP contribution in [0.4, 0.5) is 10.1 Å². The summed E-state index contributed by atoms with van der Waals surface area (Å²) in [4.78, 5) is 11.8. The van der Waals surface area contributed by atoms with E-state index in [0.717, 1.165) is 19.3 Å². The summed E-state index contributed by atoms with van der Waals surface area (Å²) in [5.41, 5.74) is 6.00. The Morgan fingerprint density at radius 3 is 2.79 bits per heavy atom. The van der Waals surface area contributed by atoms with Crippen molar-refractivity contribution < 1.29 is 9.18 Å². The molecule has 1 amide bonds. The molecule has 1 atom stereocenters. The van der Waals surface area contributed by atoms with Crippen molar-refractivity contribution in [1.82, 2.24) is 0 Å². The van der Waals surface area contributed by atoms with Gasteiger partial charge in [0.15, 0.2) is 0 Å². The minimum absolute atomic E-state index is 0.0859. The Balaban J connectivity index is 2.44. The van der Waals surface area contributed by atoms with Gasteiger partial charge in [-0.1, -0.05) is 13.3 Å². The number of nitrogens with two attached hydrogens (primary N) is 1. The van der Waals surface area contributed by atoms with E-state index < -0.39 is 0 Å². The molecule has 1 unspecified atom stereocenters. The molecule has 0 aliphatic heterocycles. The number of nitrogens with one attached hydrogen (secondary N) is 1. The van der Waals surface area contributed by atoms with Gasteiger partial charge >= 0.3 is 0 Å². The molecule has 3 N–H and O–H groups in total. The average molecular weight is 331 g/mol. The van der Waals surface area contributed by atoms with Crippen LogP contribution in [0.25, 0.3) is 0 Å². The van der Waals surface area contributed by atoms with E-state index in [1.54, 1.807) is 12.1 Å². The van der Waals surface area contributed by atoms with Crippen molar-refractivity contribution in [3.63, 3.8) is 0 Å². The molecule has 106 valence electrons. The standard InChI is InChI=1S/C14H20BrFN2O/c1-2-10(7-8-17)3-6-14(19)18-11-4-5-12(15)13(16)9-11/h4-5,9-10H,2-3,6-8,17H2,1H3,(H,18,19). The average Bonchev–Trinajstić information content (AvgIpc) is 2.39. The highest BCUT2D eigenvalue weighted by Gasteiger charge is 2.10. The van der Waals surface area contributed by atoms with Gasteiger partial charge in [-0.15, -0.1) is 0 Å². The first-order valence-corrected chi connectivity index (χ1v) is 7.31. The molecule has 1 aromatic carbocycles. The third-order valence-corrected chi connectivity index (χ3v) is 3.78. The molecule has 0 aliphatic rings. The fraction of sp³-hybridized carbons (Fsp3) is 0.500. The normalized spacial score (nSPS) is 12.2. The molecule has 0 fully saturated rings. The summed E-state index contributed by atoms with van der Waals surface area (Å²) in [6.07, 6.45) is 3.23. The van der Waals surface area contributed by atoms with E-state index in [2.05, 4.69) is 28.2 Å². The van der Waals surface area contributed by atoms with Crippen LogP contribution in [0.15, 0.2) is 22.7 Å². The predicted octanol–water partition coefficient (Wildman–Crippen LogP) is 3.68. The molecule has 0 aromatic heterocycles. The van der Waals surface area contributed by atoms with Gasteiger partial charge in [-0.2, -0.15) is 0 Å². The lowest BCUT2D eigenvalue weighted by Crippen LogP contribution is -2.15. The molecule has 1 aromatic rings. The van der Waals surface area contributed by atoms with E-state index in [9.17, 15) is 9.18 Å². The maximum Gasteiger partial charge on any atom is 0.224 e. The zero-order chi connectivity index (χ0) is 14.3. The van der Waals surface area contributed by atoms with Crippen molar-refractivity contribution in [2.75, 3.05) is 11.9 Å². The summed E-state index contributed by atoms with van der Waals surface area (Å²) in [6.45, 7) is 2.75. The van der Waals surface area contributed by atoms with Crippen molar-refractivity contribution in [3.05, 3.63) is 28.5 Å².